The standard InChI is InChI=1S/C36H27N2O3P/c1-41-35(40)32-31(24-14-17-27-15-6-2-7-16-27)36(25-37,26-38)34(39)33(32)42(28-18-8-3-9-19-28,29-20-10-4-11-21-29)30-22-12-5-13-23-30/h2-23H,24H2,1H3/b17-14+. The Morgan fingerprint density at radius 1 is 0.762 bits per heavy atom. The van der Waals surface area contributed by atoms with E-state index >= 15 is 0 Å². The zero-order chi connectivity index (χ0) is 29.6. The van der Waals surface area contributed by atoms with Crippen LogP contribution in [0.15, 0.2) is 139 Å². The third-order valence-electron chi connectivity index (χ3n) is 7.47. The molecule has 5 rings (SSSR count). The molecule has 0 unspecified atom stereocenters. The highest BCUT2D eigenvalue weighted by atomic mass is 31.2. The van der Waals surface area contributed by atoms with Gasteiger partial charge in [-0.3, -0.25) is 4.79 Å². The average Bonchev–Trinajstić information content (AvgIpc) is 3.31. The molecule has 1 aliphatic rings. The summed E-state index contributed by atoms with van der Waals surface area (Å²) in [6, 6.07) is 42.3. The highest BCUT2D eigenvalue weighted by Crippen LogP contribution is 2.54. The van der Waals surface area contributed by atoms with Gasteiger partial charge in [0.25, 0.3) is 0 Å². The first-order chi connectivity index (χ1) is 20.5. The molecule has 0 saturated carbocycles. The summed E-state index contributed by atoms with van der Waals surface area (Å²) in [5.41, 5.74) is -1.14. The molecule has 0 aromatic heterocycles. The lowest BCUT2D eigenvalue weighted by atomic mass is 9.81. The Morgan fingerprint density at radius 3 is 1.60 bits per heavy atom. The lowest BCUT2D eigenvalue weighted by molar-refractivity contribution is -0.135. The van der Waals surface area contributed by atoms with Gasteiger partial charge in [0.2, 0.25) is 11.2 Å². The molecule has 6 heteroatoms. The number of Topliss-reactive ketones (excluding diaryl/α,β-unsaturated/α-hetero) is 1. The lowest BCUT2D eigenvalue weighted by Crippen LogP contribution is -2.37. The second-order valence-corrected chi connectivity index (χ2v) is 13.0. The first-order valence-corrected chi connectivity index (χ1v) is 15.2. The number of carbonyl (C=O) groups excluding carboxylic acids is 2. The number of hydrogen-bond acceptors (Lipinski definition) is 5. The summed E-state index contributed by atoms with van der Waals surface area (Å²) < 4.78 is 5.30. The van der Waals surface area contributed by atoms with Gasteiger partial charge >= 0.3 is 5.97 Å². The minimum atomic E-state index is -3.13. The van der Waals surface area contributed by atoms with Crippen LogP contribution < -0.4 is 15.9 Å². The molecule has 4 aromatic carbocycles. The van der Waals surface area contributed by atoms with Gasteiger partial charge in [0.05, 0.1) is 24.8 Å². The number of ether oxygens (including phenoxy) is 1. The second kappa shape index (κ2) is 12.1. The van der Waals surface area contributed by atoms with E-state index in [0.717, 1.165) is 21.5 Å². The largest absolute Gasteiger partial charge is 0.465 e. The smallest absolute Gasteiger partial charge is 0.338 e. The van der Waals surface area contributed by atoms with Crippen molar-refractivity contribution in [3.05, 3.63) is 144 Å². The number of methoxy groups -OCH3 is 1. The van der Waals surface area contributed by atoms with Gasteiger partial charge in [-0.2, -0.15) is 10.5 Å². The van der Waals surface area contributed by atoms with Crippen LogP contribution in [0.2, 0.25) is 0 Å². The summed E-state index contributed by atoms with van der Waals surface area (Å²) in [6.45, 7) is -3.13. The molecule has 0 amide bonds. The number of esters is 1. The summed E-state index contributed by atoms with van der Waals surface area (Å²) in [7, 11) is 1.25. The summed E-state index contributed by atoms with van der Waals surface area (Å²) in [4.78, 5) is 28.6. The van der Waals surface area contributed by atoms with Crippen LogP contribution in [-0.2, 0) is 14.3 Å². The van der Waals surface area contributed by atoms with E-state index in [-0.39, 0.29) is 22.9 Å². The fourth-order valence-electron chi connectivity index (χ4n) is 5.58. The van der Waals surface area contributed by atoms with Gasteiger partial charge in [0, 0.05) is 5.29 Å². The van der Waals surface area contributed by atoms with E-state index in [1.807, 2.05) is 140 Å². The molecule has 0 atom stereocenters. The van der Waals surface area contributed by atoms with Crippen molar-refractivity contribution in [2.24, 2.45) is 5.41 Å². The summed E-state index contributed by atoms with van der Waals surface area (Å²) in [6.07, 6.45) is 3.66. The van der Waals surface area contributed by atoms with Crippen molar-refractivity contribution < 1.29 is 14.3 Å². The summed E-state index contributed by atoms with van der Waals surface area (Å²) >= 11 is 0. The molecule has 42 heavy (non-hydrogen) atoms. The predicted octanol–water partition coefficient (Wildman–Crippen LogP) is 5.34. The van der Waals surface area contributed by atoms with Crippen LogP contribution in [0, 0.1) is 28.1 Å². The molecule has 0 radical (unpaired) electrons. The SMILES string of the molecule is COC(=O)C1=C(C/C=C/c2ccccc2)C(C#N)(C#N)C(=O)C1=P(c1ccccc1)(c1ccccc1)c1ccccc1. The van der Waals surface area contributed by atoms with E-state index in [1.165, 1.54) is 7.11 Å². The Hall–Kier alpha value is -5.22. The van der Waals surface area contributed by atoms with Gasteiger partial charge in [-0.15, -0.1) is 0 Å². The monoisotopic (exact) mass is 566 g/mol. The number of hydrogen-bond donors (Lipinski definition) is 0. The molecule has 0 aliphatic heterocycles. The van der Waals surface area contributed by atoms with Gasteiger partial charge in [0.1, 0.15) is 0 Å². The van der Waals surface area contributed by atoms with Crippen molar-refractivity contribution in [2.45, 2.75) is 6.42 Å². The summed E-state index contributed by atoms with van der Waals surface area (Å²) in [5, 5.41) is 23.7. The molecule has 0 heterocycles. The van der Waals surface area contributed by atoms with Crippen molar-refractivity contribution in [1.29, 1.82) is 10.5 Å². The van der Waals surface area contributed by atoms with Crippen molar-refractivity contribution in [1.82, 2.24) is 0 Å². The minimum absolute atomic E-state index is 0.00760. The average molecular weight is 567 g/mol. The van der Waals surface area contributed by atoms with E-state index < -0.39 is 24.1 Å². The zero-order valence-corrected chi connectivity index (χ0v) is 23.9. The van der Waals surface area contributed by atoms with E-state index in [2.05, 4.69) is 0 Å². The number of benzene rings is 4. The highest BCUT2D eigenvalue weighted by Gasteiger charge is 2.57. The van der Waals surface area contributed by atoms with Crippen molar-refractivity contribution in [2.75, 3.05) is 7.11 Å². The number of nitriles is 2. The zero-order valence-electron chi connectivity index (χ0n) is 23.0. The molecule has 0 spiro atoms. The second-order valence-electron chi connectivity index (χ2n) is 9.69. The van der Waals surface area contributed by atoms with Crippen LogP contribution in [0.5, 0.6) is 0 Å². The molecular weight excluding hydrogens is 539 g/mol. The molecule has 0 N–H and O–H groups in total. The molecular formula is C36H27N2O3P. The van der Waals surface area contributed by atoms with E-state index in [9.17, 15) is 20.1 Å². The quantitative estimate of drug-likeness (QED) is 0.222. The van der Waals surface area contributed by atoms with Gasteiger partial charge in [-0.1, -0.05) is 133 Å². The Bertz CT molecular complexity index is 1710. The van der Waals surface area contributed by atoms with Crippen LogP contribution in [0.25, 0.3) is 6.08 Å². The van der Waals surface area contributed by atoms with Crippen molar-refractivity contribution in [3.8, 4) is 12.1 Å². The number of allylic oxidation sites excluding steroid dienone is 2. The first kappa shape index (κ1) is 28.3. The molecule has 0 bridgehead atoms. The maximum atomic E-state index is 14.8. The van der Waals surface area contributed by atoms with Crippen LogP contribution >= 0.6 is 6.89 Å². The van der Waals surface area contributed by atoms with Crippen LogP contribution in [-0.4, -0.2) is 24.2 Å². The van der Waals surface area contributed by atoms with Crippen LogP contribution in [0.4, 0.5) is 0 Å². The van der Waals surface area contributed by atoms with Crippen LogP contribution in [0.3, 0.4) is 0 Å². The lowest BCUT2D eigenvalue weighted by Gasteiger charge is -2.32. The number of rotatable bonds is 7. The van der Waals surface area contributed by atoms with Crippen LogP contribution in [0.1, 0.15) is 12.0 Å². The molecule has 0 saturated heterocycles. The van der Waals surface area contributed by atoms with E-state index in [1.54, 1.807) is 6.08 Å². The molecule has 4 aromatic rings. The van der Waals surface area contributed by atoms with Gasteiger partial charge in [0.15, 0.2) is 0 Å². The van der Waals surface area contributed by atoms with Crippen molar-refractivity contribution in [3.63, 3.8) is 0 Å². The van der Waals surface area contributed by atoms with Gasteiger partial charge in [-0.05, 0) is 40.4 Å². The molecule has 1 aliphatic carbocycles. The first-order valence-electron chi connectivity index (χ1n) is 13.4. The highest BCUT2D eigenvalue weighted by molar-refractivity contribution is 7.97. The van der Waals surface area contributed by atoms with E-state index in [0.29, 0.717) is 0 Å². The maximum Gasteiger partial charge on any atom is 0.338 e. The van der Waals surface area contributed by atoms with E-state index in [4.69, 9.17) is 4.74 Å². The third-order valence-corrected chi connectivity index (χ3v) is 11.8. The number of carbonyl (C=O) groups is 2. The molecule has 0 fully saturated rings. The normalized spacial score (nSPS) is 14.5. The maximum absolute atomic E-state index is 14.8. The molecule has 5 nitrogen and oxygen atoms in total. The Labute approximate surface area is 245 Å². The number of ketones is 1. The van der Waals surface area contributed by atoms with Gasteiger partial charge in [-0.25, -0.2) is 4.79 Å². The van der Waals surface area contributed by atoms with Crippen molar-refractivity contribution >= 4 is 45.9 Å². The minimum Gasteiger partial charge on any atom is -0.465 e. The Morgan fingerprint density at radius 2 is 1.19 bits per heavy atom. The van der Waals surface area contributed by atoms with Gasteiger partial charge < -0.3 is 4.74 Å². The molecule has 204 valence electrons. The number of nitrogens with zero attached hydrogens (tertiary/aromatic N) is 2. The Kier molecular flexibility index (Phi) is 8.16. The third kappa shape index (κ3) is 4.61. The predicted molar refractivity (Wildman–Crippen MR) is 168 cm³/mol. The fourth-order valence-corrected chi connectivity index (χ4v) is 10.1. The summed E-state index contributed by atoms with van der Waals surface area (Å²) in [5.74, 6) is -1.43. The topological polar surface area (TPSA) is 90.9 Å². The fraction of sp³-hybridized carbons (Fsp3) is 0.0833. The Balaban J connectivity index is 1.99.